The van der Waals surface area contributed by atoms with E-state index in [1.54, 1.807) is 6.07 Å². The molecule has 3 saturated heterocycles. The number of ether oxygens (including phenoxy) is 2. The van der Waals surface area contributed by atoms with Crippen molar-refractivity contribution >= 4 is 40.8 Å². The topological polar surface area (TPSA) is 154 Å². The van der Waals surface area contributed by atoms with Gasteiger partial charge in [0.15, 0.2) is 5.78 Å². The first kappa shape index (κ1) is 38.3. The number of benzene rings is 1. The molecule has 13 nitrogen and oxygen atoms in total. The number of likely N-dealkylation sites (tertiary alicyclic amines) is 2. The lowest BCUT2D eigenvalue weighted by molar-refractivity contribution is -0.173. The molecule has 4 fully saturated rings. The highest BCUT2D eigenvalue weighted by molar-refractivity contribution is 6.21. The van der Waals surface area contributed by atoms with Gasteiger partial charge in [-0.15, -0.1) is 11.6 Å². The van der Waals surface area contributed by atoms with Crippen LogP contribution in [0.5, 0.6) is 0 Å². The number of rotatable bonds is 15. The Morgan fingerprint density at radius 2 is 1.42 bits per heavy atom. The van der Waals surface area contributed by atoms with E-state index in [1.807, 2.05) is 0 Å². The molecule has 3 N–H and O–H groups in total. The fourth-order valence-corrected chi connectivity index (χ4v) is 8.37. The van der Waals surface area contributed by atoms with Crippen molar-refractivity contribution in [1.29, 1.82) is 0 Å². The van der Waals surface area contributed by atoms with Crippen LogP contribution in [-0.4, -0.2) is 129 Å². The minimum atomic E-state index is -1.91. The van der Waals surface area contributed by atoms with Crippen LogP contribution >= 0.6 is 11.6 Å². The van der Waals surface area contributed by atoms with Crippen molar-refractivity contribution in [3.8, 4) is 0 Å². The van der Waals surface area contributed by atoms with Crippen LogP contribution in [0.2, 0.25) is 0 Å². The lowest BCUT2D eigenvalue weighted by Gasteiger charge is -2.60. The van der Waals surface area contributed by atoms with Crippen molar-refractivity contribution in [3.05, 3.63) is 29.3 Å². The number of amides is 3. The number of carbonyl (C=O) groups excluding carboxylic acids is 4. The minimum Gasteiger partial charge on any atom is -0.380 e. The molecular formula is C36H54ClN7O6. The number of hydrogen-bond acceptors (Lipinski definition) is 10. The average molecular weight is 716 g/mol. The molecule has 5 rings (SSSR count). The molecule has 1 saturated carbocycles. The number of β-lactam (4-membered cyclic amide) rings is 1. The number of piperidine rings is 2. The Morgan fingerprint density at radius 1 is 0.880 bits per heavy atom. The number of methoxy groups -OCH3 is 2. The third-order valence-corrected chi connectivity index (χ3v) is 11.3. The Bertz CT molecular complexity index is 1330. The summed E-state index contributed by atoms with van der Waals surface area (Å²) in [6.07, 6.45) is 8.37. The number of halogens is 1. The van der Waals surface area contributed by atoms with Gasteiger partial charge in [-0.2, -0.15) is 10.2 Å². The highest BCUT2D eigenvalue weighted by Crippen LogP contribution is 2.49. The standard InChI is InChI=1S/C36H54ClN7O6/c1-25(45)36(34(48)40-35(36)24-30(49-2)29(37)23-31(35)50-3)42-41-28-21-26(32(46)38-12-10-18-43-14-6-4-7-15-43)20-27(22-28)33(47)39-13-11-19-44-16-8-5-9-17-44/h20-22,29-31H,4-19,23-24H2,1-3H3,(H,38,46)(H,39,47)(H,40,48). The maximum Gasteiger partial charge on any atom is 0.260 e. The number of nitrogens with one attached hydrogen (secondary N) is 3. The number of nitrogens with zero attached hydrogens (tertiary/aromatic N) is 4. The van der Waals surface area contributed by atoms with Crippen LogP contribution < -0.4 is 16.0 Å². The highest BCUT2D eigenvalue weighted by atomic mass is 35.5. The van der Waals surface area contributed by atoms with Gasteiger partial charge >= 0.3 is 0 Å². The van der Waals surface area contributed by atoms with Gasteiger partial charge in [-0.05, 0) is 109 Å². The predicted molar refractivity (Wildman–Crippen MR) is 190 cm³/mol. The van der Waals surface area contributed by atoms with E-state index in [9.17, 15) is 19.2 Å². The molecule has 1 spiro atoms. The predicted octanol–water partition coefficient (Wildman–Crippen LogP) is 3.61. The number of Topliss-reactive ketones (excluding diaryl/α,β-unsaturated/α-hetero) is 1. The second kappa shape index (κ2) is 17.5. The third-order valence-electron chi connectivity index (χ3n) is 10.9. The second-order valence-corrected chi connectivity index (χ2v) is 14.7. The number of hydrogen-bond donors (Lipinski definition) is 3. The van der Waals surface area contributed by atoms with Crippen molar-refractivity contribution in [2.45, 2.75) is 99.8 Å². The van der Waals surface area contributed by atoms with Crippen LogP contribution in [-0.2, 0) is 19.1 Å². The molecule has 0 bridgehead atoms. The maximum atomic E-state index is 13.4. The summed E-state index contributed by atoms with van der Waals surface area (Å²) in [7, 11) is 3.03. The van der Waals surface area contributed by atoms with Gasteiger partial charge in [-0.3, -0.25) is 19.2 Å². The maximum absolute atomic E-state index is 13.4. The monoisotopic (exact) mass is 715 g/mol. The molecule has 5 atom stereocenters. The summed E-state index contributed by atoms with van der Waals surface area (Å²) in [6.45, 7) is 8.43. The summed E-state index contributed by atoms with van der Waals surface area (Å²) in [5.41, 5.74) is -2.51. The zero-order chi connectivity index (χ0) is 35.7. The van der Waals surface area contributed by atoms with Crippen molar-refractivity contribution in [3.63, 3.8) is 0 Å². The third kappa shape index (κ3) is 8.39. The van der Waals surface area contributed by atoms with Crippen LogP contribution in [0.3, 0.4) is 0 Å². The summed E-state index contributed by atoms with van der Waals surface area (Å²) in [4.78, 5) is 58.4. The van der Waals surface area contributed by atoms with Gasteiger partial charge in [0.2, 0.25) is 5.54 Å². The fourth-order valence-electron chi connectivity index (χ4n) is 8.02. The molecule has 14 heteroatoms. The highest BCUT2D eigenvalue weighted by Gasteiger charge is 2.75. The normalized spacial score (nSPS) is 29.0. The Morgan fingerprint density at radius 3 is 1.88 bits per heavy atom. The molecule has 4 aliphatic rings. The van der Waals surface area contributed by atoms with Gasteiger partial charge in [-0.1, -0.05) is 12.8 Å². The van der Waals surface area contributed by atoms with Gasteiger partial charge in [-0.25, -0.2) is 0 Å². The molecule has 3 amide bonds. The average Bonchev–Trinajstić information content (AvgIpc) is 3.12. The molecule has 50 heavy (non-hydrogen) atoms. The zero-order valence-corrected chi connectivity index (χ0v) is 30.6. The van der Waals surface area contributed by atoms with Gasteiger partial charge in [0.1, 0.15) is 5.54 Å². The molecule has 276 valence electrons. The van der Waals surface area contributed by atoms with E-state index >= 15 is 0 Å². The number of ketones is 1. The first-order valence-corrected chi connectivity index (χ1v) is 18.7. The first-order chi connectivity index (χ1) is 24.1. The van der Waals surface area contributed by atoms with E-state index < -0.39 is 40.4 Å². The molecule has 3 aliphatic heterocycles. The Labute approximate surface area is 300 Å². The summed E-state index contributed by atoms with van der Waals surface area (Å²) >= 11 is 6.57. The molecule has 0 radical (unpaired) electrons. The van der Waals surface area contributed by atoms with Gasteiger partial charge in [0, 0.05) is 44.9 Å². The lowest BCUT2D eigenvalue weighted by Crippen LogP contribution is -2.88. The Balaban J connectivity index is 1.36. The van der Waals surface area contributed by atoms with Crippen molar-refractivity contribution < 1.29 is 28.7 Å². The van der Waals surface area contributed by atoms with Crippen LogP contribution in [0.4, 0.5) is 5.69 Å². The summed E-state index contributed by atoms with van der Waals surface area (Å²) < 4.78 is 11.4. The van der Waals surface area contributed by atoms with Crippen LogP contribution in [0.25, 0.3) is 0 Å². The summed E-state index contributed by atoms with van der Waals surface area (Å²) in [6, 6.07) is 4.59. The summed E-state index contributed by atoms with van der Waals surface area (Å²) in [5.74, 6) is -1.80. The van der Waals surface area contributed by atoms with Gasteiger partial charge in [0.05, 0.1) is 23.3 Å². The van der Waals surface area contributed by atoms with Crippen LogP contribution in [0.1, 0.15) is 91.8 Å². The van der Waals surface area contributed by atoms with Gasteiger partial charge < -0.3 is 35.2 Å². The van der Waals surface area contributed by atoms with E-state index in [2.05, 4.69) is 36.0 Å². The molecule has 3 heterocycles. The van der Waals surface area contributed by atoms with Gasteiger partial charge in [0.25, 0.3) is 17.7 Å². The van der Waals surface area contributed by atoms with E-state index in [4.69, 9.17) is 21.1 Å². The quantitative estimate of drug-likeness (QED) is 0.0819. The molecular weight excluding hydrogens is 662 g/mol. The van der Waals surface area contributed by atoms with Crippen molar-refractivity contribution in [1.82, 2.24) is 25.8 Å². The zero-order valence-electron chi connectivity index (χ0n) is 29.8. The van der Waals surface area contributed by atoms with E-state index in [1.165, 1.54) is 71.8 Å². The smallest absolute Gasteiger partial charge is 0.260 e. The van der Waals surface area contributed by atoms with Crippen molar-refractivity contribution in [2.75, 3.05) is 66.6 Å². The van der Waals surface area contributed by atoms with E-state index in [0.29, 0.717) is 19.5 Å². The Hall–Kier alpha value is -2.97. The van der Waals surface area contributed by atoms with Crippen molar-refractivity contribution in [2.24, 2.45) is 10.2 Å². The van der Waals surface area contributed by atoms with Crippen LogP contribution in [0, 0.1) is 0 Å². The minimum absolute atomic E-state index is 0.170. The summed E-state index contributed by atoms with van der Waals surface area (Å²) in [5, 5.41) is 17.3. The molecule has 0 aromatic heterocycles. The molecule has 1 aromatic rings. The molecule has 1 aliphatic carbocycles. The Kier molecular flexibility index (Phi) is 13.4. The second-order valence-electron chi connectivity index (χ2n) is 14.1. The van der Waals surface area contributed by atoms with E-state index in [0.717, 1.165) is 52.1 Å². The fraction of sp³-hybridized carbons (Fsp3) is 0.722. The molecule has 5 unspecified atom stereocenters. The molecule has 1 aromatic carbocycles. The van der Waals surface area contributed by atoms with E-state index in [-0.39, 0.29) is 35.0 Å². The number of alkyl halides is 1. The number of carbonyl (C=O) groups is 4. The SMILES string of the molecule is COC1CC2(NC(=O)C2(N=Nc2cc(C(=O)NCCCN3CCCCC3)cc(C(=O)NCCCN3CCCCC3)c2)C(C)=O)C(OC)CC1Cl. The first-order valence-electron chi connectivity index (χ1n) is 18.3. The number of azo groups is 1. The largest absolute Gasteiger partial charge is 0.380 e. The lowest BCUT2D eigenvalue weighted by atomic mass is 9.58. The van der Waals surface area contributed by atoms with Crippen LogP contribution in [0.15, 0.2) is 28.4 Å².